The van der Waals surface area contributed by atoms with Gasteiger partial charge >= 0.3 is 0 Å². The van der Waals surface area contributed by atoms with Gasteiger partial charge in [-0.1, -0.05) is 149 Å². The third-order valence-corrected chi connectivity index (χ3v) is 16.5. The zero-order valence-electron chi connectivity index (χ0n) is 37.9. The van der Waals surface area contributed by atoms with Crippen LogP contribution < -0.4 is 4.90 Å². The van der Waals surface area contributed by atoms with Crippen LogP contribution in [0, 0.1) is 0 Å². The lowest BCUT2D eigenvalue weighted by atomic mass is 9.80. The highest BCUT2D eigenvalue weighted by atomic mass is 32.1. The standard InChI is InChI=1S/C64H46N2S/c1-63(2)56-35-40(23-28-47(56)48-30-26-44(36-57(48)63)65(42-15-7-5-8-16-42)45-27-31-50-49-20-12-14-22-60(49)67-61(50)37-45)39-25-32-58-53(33-39)54-34-41-24-29-51-46-19-11-13-21-55(46)64(3,4)62(51)52(41)38-59(54)66(58)43-17-9-6-10-18-43/h5-38H,1-4H3. The molecule has 0 atom stereocenters. The lowest BCUT2D eigenvalue weighted by molar-refractivity contribution is 0.660. The summed E-state index contributed by atoms with van der Waals surface area (Å²) in [5, 5.41) is 7.79. The molecule has 0 saturated heterocycles. The Balaban J connectivity index is 0.886. The molecule has 2 heterocycles. The van der Waals surface area contributed by atoms with E-state index in [9.17, 15) is 0 Å². The third kappa shape index (κ3) is 5.50. The second kappa shape index (κ2) is 13.9. The van der Waals surface area contributed by atoms with E-state index in [-0.39, 0.29) is 10.8 Å². The van der Waals surface area contributed by atoms with E-state index in [0.717, 1.165) is 17.1 Å². The highest BCUT2D eigenvalue weighted by Gasteiger charge is 2.38. The van der Waals surface area contributed by atoms with Crippen molar-refractivity contribution >= 4 is 81.1 Å². The molecule has 0 radical (unpaired) electrons. The summed E-state index contributed by atoms with van der Waals surface area (Å²) in [6.45, 7) is 9.59. The molecule has 3 heteroatoms. The van der Waals surface area contributed by atoms with Crippen LogP contribution in [0.5, 0.6) is 0 Å². The van der Waals surface area contributed by atoms with Crippen molar-refractivity contribution in [1.82, 2.24) is 4.57 Å². The molecule has 0 bridgehead atoms. The summed E-state index contributed by atoms with van der Waals surface area (Å²) in [7, 11) is 0. The Bertz CT molecular complexity index is 4040. The minimum atomic E-state index is -0.214. The Morgan fingerprint density at radius 2 is 1.00 bits per heavy atom. The Morgan fingerprint density at radius 1 is 0.373 bits per heavy atom. The van der Waals surface area contributed by atoms with Crippen molar-refractivity contribution < 1.29 is 0 Å². The van der Waals surface area contributed by atoms with Gasteiger partial charge in [0.15, 0.2) is 0 Å². The molecule has 2 nitrogen and oxygen atoms in total. The number of benzene rings is 10. The quantitative estimate of drug-likeness (QED) is 0.167. The van der Waals surface area contributed by atoms with E-state index in [1.807, 2.05) is 11.3 Å². The van der Waals surface area contributed by atoms with Crippen molar-refractivity contribution in [2.75, 3.05) is 4.90 Å². The summed E-state index contributed by atoms with van der Waals surface area (Å²) in [6, 6.07) is 77.4. The minimum Gasteiger partial charge on any atom is -0.310 e. The van der Waals surface area contributed by atoms with Gasteiger partial charge in [0.05, 0.1) is 11.0 Å². The van der Waals surface area contributed by atoms with E-state index in [0.29, 0.717) is 0 Å². The van der Waals surface area contributed by atoms with E-state index in [1.165, 1.54) is 114 Å². The number of aromatic nitrogens is 1. The van der Waals surface area contributed by atoms with Crippen LogP contribution in [-0.4, -0.2) is 4.57 Å². The van der Waals surface area contributed by atoms with Gasteiger partial charge in [-0.2, -0.15) is 0 Å². The smallest absolute Gasteiger partial charge is 0.0547 e. The number of hydrogen-bond acceptors (Lipinski definition) is 2. The van der Waals surface area contributed by atoms with E-state index < -0.39 is 0 Å². The molecule has 67 heavy (non-hydrogen) atoms. The predicted molar refractivity (Wildman–Crippen MR) is 286 cm³/mol. The maximum absolute atomic E-state index is 2.48. The van der Waals surface area contributed by atoms with Crippen LogP contribution in [0.2, 0.25) is 0 Å². The fourth-order valence-corrected chi connectivity index (χ4v) is 13.2. The van der Waals surface area contributed by atoms with Crippen molar-refractivity contribution in [2.45, 2.75) is 38.5 Å². The third-order valence-electron chi connectivity index (χ3n) is 15.3. The number of nitrogens with zero attached hydrogens (tertiary/aromatic N) is 2. The second-order valence-corrected chi connectivity index (χ2v) is 20.8. The largest absolute Gasteiger partial charge is 0.310 e. The van der Waals surface area contributed by atoms with Gasteiger partial charge in [0.2, 0.25) is 0 Å². The highest BCUT2D eigenvalue weighted by molar-refractivity contribution is 7.25. The predicted octanol–water partition coefficient (Wildman–Crippen LogP) is 18.1. The van der Waals surface area contributed by atoms with Crippen molar-refractivity contribution in [2.24, 2.45) is 0 Å². The molecule has 0 unspecified atom stereocenters. The maximum atomic E-state index is 2.48. The van der Waals surface area contributed by atoms with Gasteiger partial charge < -0.3 is 9.47 Å². The van der Waals surface area contributed by atoms with E-state index in [2.05, 4.69) is 243 Å². The minimum absolute atomic E-state index is 0.103. The summed E-state index contributed by atoms with van der Waals surface area (Å²) in [4.78, 5) is 2.42. The van der Waals surface area contributed by atoms with Crippen LogP contribution in [-0.2, 0) is 10.8 Å². The van der Waals surface area contributed by atoms with Crippen LogP contribution in [0.15, 0.2) is 206 Å². The molecule has 12 aromatic rings. The molecule has 0 aliphatic heterocycles. The van der Waals surface area contributed by atoms with Crippen LogP contribution >= 0.6 is 11.3 Å². The first-order chi connectivity index (χ1) is 32.7. The van der Waals surface area contributed by atoms with Gasteiger partial charge in [-0.25, -0.2) is 0 Å². The number of rotatable bonds is 5. The van der Waals surface area contributed by atoms with Gasteiger partial charge in [0.1, 0.15) is 0 Å². The molecule has 0 amide bonds. The summed E-state index contributed by atoms with van der Waals surface area (Å²) < 4.78 is 5.10. The monoisotopic (exact) mass is 874 g/mol. The summed E-state index contributed by atoms with van der Waals surface area (Å²) in [5.41, 5.74) is 20.1. The van der Waals surface area contributed by atoms with Crippen molar-refractivity contribution in [3.63, 3.8) is 0 Å². The molecular formula is C64H46N2S. The number of thiophene rings is 1. The first-order valence-corrected chi connectivity index (χ1v) is 24.3. The number of para-hydroxylation sites is 2. The average Bonchev–Trinajstić information content (AvgIpc) is 4.03. The van der Waals surface area contributed by atoms with Gasteiger partial charge in [-0.3, -0.25) is 0 Å². The fraction of sp³-hybridized carbons (Fsp3) is 0.0938. The van der Waals surface area contributed by atoms with Crippen LogP contribution in [0.25, 0.3) is 91.8 Å². The topological polar surface area (TPSA) is 8.17 Å². The molecule has 2 aromatic heterocycles. The van der Waals surface area contributed by atoms with Crippen LogP contribution in [0.4, 0.5) is 17.1 Å². The Hall–Kier alpha value is -7.72. The SMILES string of the molecule is CC1(C)c2cc(-c3ccc4c(c3)c3cc5ccc6c(c5cc3n4-c3ccccc3)C(C)(C)c3ccccc3-6)ccc2-c2ccc(N(c3ccccc3)c3ccc4c(c3)sc3ccccc34)cc21. The van der Waals surface area contributed by atoms with Crippen molar-refractivity contribution in [1.29, 1.82) is 0 Å². The number of anilines is 3. The second-order valence-electron chi connectivity index (χ2n) is 19.7. The molecule has 0 N–H and O–H groups in total. The first-order valence-electron chi connectivity index (χ1n) is 23.5. The fourth-order valence-electron chi connectivity index (χ4n) is 12.1. The average molecular weight is 875 g/mol. The number of hydrogen-bond donors (Lipinski definition) is 0. The molecule has 2 aliphatic carbocycles. The molecule has 2 aliphatic rings. The van der Waals surface area contributed by atoms with Crippen LogP contribution in [0.1, 0.15) is 49.9 Å². The normalized spacial score (nSPS) is 14.2. The Morgan fingerprint density at radius 3 is 1.85 bits per heavy atom. The molecule has 318 valence electrons. The maximum Gasteiger partial charge on any atom is 0.0547 e. The van der Waals surface area contributed by atoms with Gasteiger partial charge in [-0.05, 0) is 151 Å². The Labute approximate surface area is 394 Å². The highest BCUT2D eigenvalue weighted by Crippen LogP contribution is 2.54. The van der Waals surface area contributed by atoms with Crippen molar-refractivity contribution in [3.8, 4) is 39.1 Å². The zero-order chi connectivity index (χ0) is 44.8. The van der Waals surface area contributed by atoms with Crippen molar-refractivity contribution in [3.05, 3.63) is 229 Å². The lowest BCUT2D eigenvalue weighted by Gasteiger charge is -2.28. The molecule has 0 saturated carbocycles. The molecule has 0 spiro atoms. The Kier molecular flexibility index (Phi) is 8.00. The summed E-state index contributed by atoms with van der Waals surface area (Å²) >= 11 is 1.87. The molecule has 14 rings (SSSR count). The zero-order valence-corrected chi connectivity index (χ0v) is 38.7. The summed E-state index contributed by atoms with van der Waals surface area (Å²) in [6.07, 6.45) is 0. The van der Waals surface area contributed by atoms with Gasteiger partial charge in [0, 0.05) is 64.5 Å². The van der Waals surface area contributed by atoms with Gasteiger partial charge in [-0.15, -0.1) is 11.3 Å². The van der Waals surface area contributed by atoms with Gasteiger partial charge in [0.25, 0.3) is 0 Å². The summed E-state index contributed by atoms with van der Waals surface area (Å²) in [5.74, 6) is 0. The van der Waals surface area contributed by atoms with E-state index in [4.69, 9.17) is 0 Å². The molecular weight excluding hydrogens is 829 g/mol. The van der Waals surface area contributed by atoms with E-state index in [1.54, 1.807) is 0 Å². The lowest BCUT2D eigenvalue weighted by Crippen LogP contribution is -2.16. The molecule has 10 aromatic carbocycles. The molecule has 0 fully saturated rings. The van der Waals surface area contributed by atoms with E-state index >= 15 is 0 Å². The first kappa shape index (κ1) is 38.5. The number of fused-ring (bicyclic) bond motifs is 14. The van der Waals surface area contributed by atoms with Crippen LogP contribution in [0.3, 0.4) is 0 Å².